The third-order valence-electron chi connectivity index (χ3n) is 4.54. The molecule has 134 valence electrons. The lowest BCUT2D eigenvalue weighted by Gasteiger charge is -2.32. The van der Waals surface area contributed by atoms with Crippen LogP contribution in [0.25, 0.3) is 10.9 Å². The van der Waals surface area contributed by atoms with Crippen LogP contribution < -0.4 is 5.56 Å². The lowest BCUT2D eigenvalue weighted by atomic mass is 10.1. The molecule has 1 saturated heterocycles. The van der Waals surface area contributed by atoms with Crippen molar-refractivity contribution in [1.82, 2.24) is 19.4 Å². The van der Waals surface area contributed by atoms with Crippen LogP contribution in [0.3, 0.4) is 0 Å². The number of methoxy groups -OCH3 is 1. The molecule has 1 amide bonds. The number of carbonyl (C=O) groups excluding carboxylic acids is 1. The van der Waals surface area contributed by atoms with E-state index in [2.05, 4.69) is 9.88 Å². The molecule has 1 aromatic heterocycles. The van der Waals surface area contributed by atoms with Crippen molar-refractivity contribution in [2.24, 2.45) is 0 Å². The molecule has 1 aliphatic rings. The average molecular weight is 362 g/mol. The zero-order chi connectivity index (χ0) is 18.0. The number of ether oxygens (including phenoxy) is 1. The van der Waals surface area contributed by atoms with Gasteiger partial charge in [-0.15, -0.1) is 0 Å². The van der Waals surface area contributed by atoms with Gasteiger partial charge in [-0.1, -0.05) is 0 Å². The fourth-order valence-electron chi connectivity index (χ4n) is 2.97. The van der Waals surface area contributed by atoms with Gasteiger partial charge >= 0.3 is 0 Å². The van der Waals surface area contributed by atoms with Crippen LogP contribution in [0.4, 0.5) is 0 Å². The Labute approximate surface area is 150 Å². The molecule has 3 rings (SSSR count). The highest BCUT2D eigenvalue weighted by molar-refractivity contribution is 7.71. The Kier molecular flexibility index (Phi) is 5.31. The largest absolute Gasteiger partial charge is 0.383 e. The van der Waals surface area contributed by atoms with E-state index in [-0.39, 0.29) is 11.5 Å². The number of aromatic amines is 1. The maximum absolute atomic E-state index is 12.7. The highest BCUT2D eigenvalue weighted by atomic mass is 32.1. The number of likely N-dealkylation sites (N-methyl/N-ethyl adjacent to an activating group) is 1. The van der Waals surface area contributed by atoms with Crippen molar-refractivity contribution < 1.29 is 9.53 Å². The summed E-state index contributed by atoms with van der Waals surface area (Å²) in [5.41, 5.74) is 0.981. The molecule has 0 unspecified atom stereocenters. The van der Waals surface area contributed by atoms with E-state index in [1.807, 2.05) is 11.9 Å². The number of aromatic nitrogens is 2. The zero-order valence-electron chi connectivity index (χ0n) is 14.4. The number of nitrogens with zero attached hydrogens (tertiary/aromatic N) is 3. The van der Waals surface area contributed by atoms with Gasteiger partial charge in [-0.2, -0.15) is 0 Å². The molecule has 1 N–H and O–H groups in total. The van der Waals surface area contributed by atoms with Gasteiger partial charge in [-0.25, -0.2) is 0 Å². The van der Waals surface area contributed by atoms with E-state index < -0.39 is 0 Å². The minimum Gasteiger partial charge on any atom is -0.383 e. The number of piperazine rings is 1. The molecule has 0 atom stereocenters. The van der Waals surface area contributed by atoms with Crippen LogP contribution in [-0.2, 0) is 11.3 Å². The molecule has 25 heavy (non-hydrogen) atoms. The number of nitrogens with one attached hydrogen (secondary N) is 1. The maximum atomic E-state index is 12.7. The van der Waals surface area contributed by atoms with Gasteiger partial charge in [0.15, 0.2) is 4.77 Å². The van der Waals surface area contributed by atoms with Crippen LogP contribution in [0.15, 0.2) is 23.0 Å². The smallest absolute Gasteiger partial charge is 0.262 e. The van der Waals surface area contributed by atoms with Gasteiger partial charge in [0.25, 0.3) is 11.5 Å². The second kappa shape index (κ2) is 7.47. The highest BCUT2D eigenvalue weighted by Gasteiger charge is 2.20. The fraction of sp³-hybridized carbons (Fsp3) is 0.471. The van der Waals surface area contributed by atoms with E-state index in [0.717, 1.165) is 13.1 Å². The SMILES string of the molecule is COCCn1c(=S)[nH]c2cc(C(=O)N3CCN(C)CC3)ccc2c1=O. The quantitative estimate of drug-likeness (QED) is 0.825. The number of benzene rings is 1. The summed E-state index contributed by atoms with van der Waals surface area (Å²) in [7, 11) is 3.63. The summed E-state index contributed by atoms with van der Waals surface area (Å²) in [5, 5.41) is 0.514. The molecule has 2 heterocycles. The van der Waals surface area contributed by atoms with Crippen molar-refractivity contribution in [3.63, 3.8) is 0 Å². The Hall–Kier alpha value is -2.03. The first kappa shape index (κ1) is 17.8. The second-order valence-corrected chi connectivity index (χ2v) is 6.62. The van der Waals surface area contributed by atoms with Crippen molar-refractivity contribution in [3.05, 3.63) is 38.9 Å². The number of rotatable bonds is 4. The van der Waals surface area contributed by atoms with Crippen LogP contribution in [0.5, 0.6) is 0 Å². The molecule has 7 nitrogen and oxygen atoms in total. The average Bonchev–Trinajstić information content (AvgIpc) is 2.61. The molecule has 2 aromatic rings. The number of hydrogen-bond acceptors (Lipinski definition) is 5. The molecular weight excluding hydrogens is 340 g/mol. The number of amides is 1. The monoisotopic (exact) mass is 362 g/mol. The minimum atomic E-state index is -0.172. The third-order valence-corrected chi connectivity index (χ3v) is 4.86. The minimum absolute atomic E-state index is 0.0159. The molecular formula is C17H22N4O3S. The first-order valence-corrected chi connectivity index (χ1v) is 8.65. The van der Waals surface area contributed by atoms with Crippen molar-refractivity contribution in [1.29, 1.82) is 0 Å². The van der Waals surface area contributed by atoms with Gasteiger partial charge < -0.3 is 19.5 Å². The lowest BCUT2D eigenvalue weighted by molar-refractivity contribution is 0.0664. The van der Waals surface area contributed by atoms with Gasteiger partial charge in [-0.3, -0.25) is 14.2 Å². The molecule has 0 spiro atoms. The Morgan fingerprint density at radius 1 is 1.28 bits per heavy atom. The van der Waals surface area contributed by atoms with E-state index >= 15 is 0 Å². The van der Waals surface area contributed by atoms with Gasteiger partial charge in [0.2, 0.25) is 0 Å². The van der Waals surface area contributed by atoms with Crippen molar-refractivity contribution in [2.75, 3.05) is 46.9 Å². The Morgan fingerprint density at radius 2 is 2.00 bits per heavy atom. The predicted octanol–water partition coefficient (Wildman–Crippen LogP) is 1.09. The summed E-state index contributed by atoms with van der Waals surface area (Å²) in [6.45, 7) is 3.95. The number of carbonyl (C=O) groups is 1. The Bertz CT molecular complexity index is 897. The number of hydrogen-bond donors (Lipinski definition) is 1. The van der Waals surface area contributed by atoms with Gasteiger partial charge in [0.1, 0.15) is 0 Å². The third kappa shape index (κ3) is 3.65. The van der Waals surface area contributed by atoms with Gasteiger partial charge in [0, 0.05) is 38.9 Å². The summed E-state index contributed by atoms with van der Waals surface area (Å²) in [5.74, 6) is -0.0159. The first-order chi connectivity index (χ1) is 12.0. The van der Waals surface area contributed by atoms with E-state index in [9.17, 15) is 9.59 Å². The zero-order valence-corrected chi connectivity index (χ0v) is 15.3. The molecule has 1 aliphatic heterocycles. The van der Waals surface area contributed by atoms with E-state index in [1.54, 1.807) is 25.3 Å². The van der Waals surface area contributed by atoms with E-state index in [0.29, 0.717) is 47.5 Å². The molecule has 0 aliphatic carbocycles. The molecule has 0 bridgehead atoms. The summed E-state index contributed by atoms with van der Waals surface area (Å²) in [6, 6.07) is 5.12. The van der Waals surface area contributed by atoms with Crippen molar-refractivity contribution in [2.45, 2.75) is 6.54 Å². The van der Waals surface area contributed by atoms with Crippen LogP contribution in [0.1, 0.15) is 10.4 Å². The molecule has 0 saturated carbocycles. The Balaban J connectivity index is 1.94. The molecule has 1 fully saturated rings. The summed E-state index contributed by atoms with van der Waals surface area (Å²) < 4.78 is 6.83. The van der Waals surface area contributed by atoms with E-state index in [1.165, 1.54) is 4.57 Å². The highest BCUT2D eigenvalue weighted by Crippen LogP contribution is 2.14. The topological polar surface area (TPSA) is 70.6 Å². The van der Waals surface area contributed by atoms with Crippen LogP contribution in [-0.4, -0.2) is 72.2 Å². The number of H-pyrrole nitrogens is 1. The van der Waals surface area contributed by atoms with E-state index in [4.69, 9.17) is 17.0 Å². The summed E-state index contributed by atoms with van der Waals surface area (Å²) in [6.07, 6.45) is 0. The number of fused-ring (bicyclic) bond motifs is 1. The Morgan fingerprint density at radius 3 is 2.68 bits per heavy atom. The van der Waals surface area contributed by atoms with Gasteiger partial charge in [0.05, 0.1) is 24.1 Å². The van der Waals surface area contributed by atoms with Crippen LogP contribution in [0, 0.1) is 4.77 Å². The second-order valence-electron chi connectivity index (χ2n) is 6.24. The standard InChI is InChI=1S/C17H22N4O3S/c1-19-5-7-20(8-6-19)15(22)12-3-4-13-14(11-12)18-17(25)21(16(13)23)9-10-24-2/h3-4,11H,5-10H2,1-2H3,(H,18,25). The molecule has 1 aromatic carbocycles. The van der Waals surface area contributed by atoms with Crippen LogP contribution >= 0.6 is 12.2 Å². The normalized spacial score (nSPS) is 15.7. The fourth-order valence-corrected chi connectivity index (χ4v) is 3.25. The molecule has 8 heteroatoms. The predicted molar refractivity (Wildman–Crippen MR) is 98.7 cm³/mol. The van der Waals surface area contributed by atoms with Crippen molar-refractivity contribution in [3.8, 4) is 0 Å². The molecule has 0 radical (unpaired) electrons. The van der Waals surface area contributed by atoms with Crippen LogP contribution in [0.2, 0.25) is 0 Å². The lowest BCUT2D eigenvalue weighted by Crippen LogP contribution is -2.47. The van der Waals surface area contributed by atoms with Crippen molar-refractivity contribution >= 4 is 29.0 Å². The first-order valence-electron chi connectivity index (χ1n) is 8.25. The summed E-state index contributed by atoms with van der Waals surface area (Å²) in [4.78, 5) is 32.4. The van der Waals surface area contributed by atoms with Gasteiger partial charge in [-0.05, 0) is 37.5 Å². The summed E-state index contributed by atoms with van der Waals surface area (Å²) >= 11 is 5.28. The maximum Gasteiger partial charge on any atom is 0.262 e.